The van der Waals surface area contributed by atoms with Gasteiger partial charge in [0, 0.05) is 4.75 Å². The van der Waals surface area contributed by atoms with Gasteiger partial charge in [-0.05, 0) is 38.5 Å². The fourth-order valence-electron chi connectivity index (χ4n) is 1.53. The van der Waals surface area contributed by atoms with Crippen LogP contribution in [0.5, 0.6) is 0 Å². The topological polar surface area (TPSA) is 46.2 Å². The van der Waals surface area contributed by atoms with Crippen molar-refractivity contribution in [2.75, 3.05) is 12.3 Å². The highest BCUT2D eigenvalue weighted by Gasteiger charge is 2.35. The first-order valence-electron chi connectivity index (χ1n) is 4.21. The Bertz CT molecular complexity index is 123. The third-order valence-electron chi connectivity index (χ3n) is 2.39. The monoisotopic (exact) mass is 175 g/mol. The highest BCUT2D eigenvalue weighted by Crippen LogP contribution is 2.41. The van der Waals surface area contributed by atoms with E-state index in [1.165, 1.54) is 12.2 Å². The maximum absolute atomic E-state index is 9.71. The minimum atomic E-state index is -0.208. The summed E-state index contributed by atoms with van der Waals surface area (Å²) in [5, 5.41) is 9.71. The molecule has 0 aliphatic carbocycles. The van der Waals surface area contributed by atoms with E-state index in [1.54, 1.807) is 0 Å². The third kappa shape index (κ3) is 2.10. The maximum atomic E-state index is 9.71. The summed E-state index contributed by atoms with van der Waals surface area (Å²) in [6.07, 6.45) is 2.91. The highest BCUT2D eigenvalue weighted by atomic mass is 32.2. The van der Waals surface area contributed by atoms with Crippen molar-refractivity contribution in [1.29, 1.82) is 0 Å². The molecule has 0 aromatic rings. The van der Waals surface area contributed by atoms with Crippen LogP contribution in [0.25, 0.3) is 0 Å². The number of hydrogen-bond acceptors (Lipinski definition) is 3. The van der Waals surface area contributed by atoms with Crippen LogP contribution in [0.2, 0.25) is 0 Å². The van der Waals surface area contributed by atoms with Gasteiger partial charge in [0.05, 0.1) is 6.10 Å². The van der Waals surface area contributed by atoms with E-state index >= 15 is 0 Å². The first kappa shape index (κ1) is 9.36. The summed E-state index contributed by atoms with van der Waals surface area (Å²) in [5.74, 6) is 1.19. The molecule has 1 aliphatic rings. The van der Waals surface area contributed by atoms with Crippen LogP contribution in [0.15, 0.2) is 0 Å². The van der Waals surface area contributed by atoms with Crippen LogP contribution in [0.4, 0.5) is 0 Å². The van der Waals surface area contributed by atoms with Gasteiger partial charge in [-0.25, -0.2) is 0 Å². The van der Waals surface area contributed by atoms with Crippen LogP contribution in [0, 0.1) is 0 Å². The lowest BCUT2D eigenvalue weighted by Gasteiger charge is -2.28. The molecule has 3 N–H and O–H groups in total. The van der Waals surface area contributed by atoms with E-state index in [4.69, 9.17) is 5.73 Å². The summed E-state index contributed by atoms with van der Waals surface area (Å²) in [7, 11) is 0. The summed E-state index contributed by atoms with van der Waals surface area (Å²) in [6.45, 7) is 2.74. The molecular formula is C8H17NOS. The second-order valence-electron chi connectivity index (χ2n) is 3.36. The molecular weight excluding hydrogens is 158 g/mol. The molecule has 1 saturated heterocycles. The van der Waals surface area contributed by atoms with Gasteiger partial charge in [-0.15, -0.1) is 0 Å². The standard InChI is InChI=1S/C8H17NOS/c1-8(4-2-6-11-8)7(10)3-5-9/h7,10H,2-6,9H2,1H3. The van der Waals surface area contributed by atoms with Crippen LogP contribution < -0.4 is 5.73 Å². The van der Waals surface area contributed by atoms with Gasteiger partial charge in [-0.2, -0.15) is 11.8 Å². The molecule has 66 valence electrons. The SMILES string of the molecule is CC1(C(O)CCN)CCCS1. The fourth-order valence-corrected chi connectivity index (χ4v) is 2.88. The van der Waals surface area contributed by atoms with E-state index < -0.39 is 0 Å². The van der Waals surface area contributed by atoms with Crippen molar-refractivity contribution in [3.8, 4) is 0 Å². The molecule has 1 heterocycles. The maximum Gasteiger partial charge on any atom is 0.0696 e. The number of aliphatic hydroxyl groups is 1. The minimum absolute atomic E-state index is 0.0966. The summed E-state index contributed by atoms with van der Waals surface area (Å²) < 4.78 is 0.0966. The molecule has 11 heavy (non-hydrogen) atoms. The van der Waals surface area contributed by atoms with Crippen molar-refractivity contribution in [1.82, 2.24) is 0 Å². The Morgan fingerprint density at radius 3 is 2.91 bits per heavy atom. The lowest BCUT2D eigenvalue weighted by Crippen LogP contribution is -2.35. The molecule has 0 spiro atoms. The Kier molecular flexibility index (Phi) is 3.22. The summed E-state index contributed by atoms with van der Waals surface area (Å²) in [5.41, 5.74) is 5.39. The molecule has 0 saturated carbocycles. The number of nitrogens with two attached hydrogens (primary N) is 1. The molecule has 2 unspecified atom stereocenters. The van der Waals surface area contributed by atoms with Crippen LogP contribution >= 0.6 is 11.8 Å². The first-order chi connectivity index (χ1) is 5.19. The summed E-state index contributed by atoms with van der Waals surface area (Å²) >= 11 is 1.89. The normalized spacial score (nSPS) is 34.1. The van der Waals surface area contributed by atoms with Crippen molar-refractivity contribution in [2.24, 2.45) is 5.73 Å². The Morgan fingerprint density at radius 2 is 2.45 bits per heavy atom. The van der Waals surface area contributed by atoms with E-state index in [-0.39, 0.29) is 10.9 Å². The number of hydrogen-bond donors (Lipinski definition) is 2. The second kappa shape index (κ2) is 3.78. The highest BCUT2D eigenvalue weighted by molar-refractivity contribution is 8.00. The molecule has 3 heteroatoms. The van der Waals surface area contributed by atoms with Gasteiger partial charge in [0.1, 0.15) is 0 Å². The van der Waals surface area contributed by atoms with Gasteiger partial charge in [-0.3, -0.25) is 0 Å². The first-order valence-corrected chi connectivity index (χ1v) is 5.20. The van der Waals surface area contributed by atoms with E-state index in [2.05, 4.69) is 6.92 Å². The van der Waals surface area contributed by atoms with E-state index in [0.717, 1.165) is 12.8 Å². The zero-order valence-electron chi connectivity index (χ0n) is 7.05. The van der Waals surface area contributed by atoms with Crippen molar-refractivity contribution < 1.29 is 5.11 Å². The van der Waals surface area contributed by atoms with Crippen molar-refractivity contribution in [3.05, 3.63) is 0 Å². The van der Waals surface area contributed by atoms with E-state index in [1.807, 2.05) is 11.8 Å². The zero-order valence-corrected chi connectivity index (χ0v) is 7.86. The van der Waals surface area contributed by atoms with E-state index in [0.29, 0.717) is 6.54 Å². The number of aliphatic hydroxyl groups excluding tert-OH is 1. The predicted octanol–water partition coefficient (Wildman–Crippen LogP) is 0.982. The second-order valence-corrected chi connectivity index (χ2v) is 4.99. The van der Waals surface area contributed by atoms with Gasteiger partial charge in [-0.1, -0.05) is 0 Å². The predicted molar refractivity (Wildman–Crippen MR) is 49.8 cm³/mol. The van der Waals surface area contributed by atoms with Crippen molar-refractivity contribution in [2.45, 2.75) is 37.0 Å². The number of rotatable bonds is 3. The van der Waals surface area contributed by atoms with Gasteiger partial charge in [0.15, 0.2) is 0 Å². The Hall–Kier alpha value is 0.270. The average Bonchev–Trinajstić information content (AvgIpc) is 2.38. The third-order valence-corrected chi connectivity index (χ3v) is 4.02. The molecule has 0 radical (unpaired) electrons. The summed E-state index contributed by atoms with van der Waals surface area (Å²) in [6, 6.07) is 0. The average molecular weight is 175 g/mol. The van der Waals surface area contributed by atoms with Gasteiger partial charge in [0.2, 0.25) is 0 Å². The zero-order chi connectivity index (χ0) is 8.32. The Morgan fingerprint density at radius 1 is 1.73 bits per heavy atom. The minimum Gasteiger partial charge on any atom is -0.392 e. The molecule has 0 bridgehead atoms. The Labute approximate surface area is 72.5 Å². The number of thioether (sulfide) groups is 1. The van der Waals surface area contributed by atoms with Crippen LogP contribution in [0.1, 0.15) is 26.2 Å². The molecule has 0 aromatic carbocycles. The summed E-state index contributed by atoms with van der Waals surface area (Å²) in [4.78, 5) is 0. The van der Waals surface area contributed by atoms with E-state index in [9.17, 15) is 5.11 Å². The largest absolute Gasteiger partial charge is 0.392 e. The lowest BCUT2D eigenvalue weighted by molar-refractivity contribution is 0.126. The van der Waals surface area contributed by atoms with Gasteiger partial charge < -0.3 is 10.8 Å². The van der Waals surface area contributed by atoms with Crippen molar-refractivity contribution in [3.63, 3.8) is 0 Å². The molecule has 2 nitrogen and oxygen atoms in total. The molecule has 0 amide bonds. The van der Waals surface area contributed by atoms with Crippen LogP contribution in [0.3, 0.4) is 0 Å². The molecule has 1 aliphatic heterocycles. The Balaban J connectivity index is 2.42. The van der Waals surface area contributed by atoms with Gasteiger partial charge in [0.25, 0.3) is 0 Å². The lowest BCUT2D eigenvalue weighted by atomic mass is 9.96. The van der Waals surface area contributed by atoms with Crippen LogP contribution in [-0.4, -0.2) is 28.3 Å². The van der Waals surface area contributed by atoms with Crippen LogP contribution in [-0.2, 0) is 0 Å². The molecule has 2 atom stereocenters. The van der Waals surface area contributed by atoms with Crippen molar-refractivity contribution >= 4 is 11.8 Å². The fraction of sp³-hybridized carbons (Fsp3) is 1.00. The quantitative estimate of drug-likeness (QED) is 0.672. The smallest absolute Gasteiger partial charge is 0.0696 e. The molecule has 0 aromatic heterocycles. The molecule has 1 rings (SSSR count). The van der Waals surface area contributed by atoms with Gasteiger partial charge >= 0.3 is 0 Å². The molecule has 1 fully saturated rings.